The minimum Gasteiger partial charge on any atom is -0.343 e. The first-order valence-corrected chi connectivity index (χ1v) is 9.78. The molecule has 1 aromatic rings. The number of rotatable bonds is 5. The summed E-state index contributed by atoms with van der Waals surface area (Å²) < 4.78 is 0. The molecular weight excluding hydrogens is 328 g/mol. The van der Waals surface area contributed by atoms with Gasteiger partial charge in [-0.1, -0.05) is 12.1 Å². The van der Waals surface area contributed by atoms with E-state index in [2.05, 4.69) is 22.9 Å². The number of anilines is 1. The second-order valence-corrected chi connectivity index (χ2v) is 7.46. The van der Waals surface area contributed by atoms with E-state index in [9.17, 15) is 9.59 Å². The molecule has 3 N–H and O–H groups in total. The van der Waals surface area contributed by atoms with Gasteiger partial charge in [-0.15, -0.1) is 0 Å². The van der Waals surface area contributed by atoms with E-state index >= 15 is 0 Å². The lowest BCUT2D eigenvalue weighted by Crippen LogP contribution is -2.47. The number of amides is 3. The van der Waals surface area contributed by atoms with E-state index in [0.717, 1.165) is 63.0 Å². The maximum atomic E-state index is 12.1. The first kappa shape index (κ1) is 18.7. The molecule has 6 heteroatoms. The Morgan fingerprint density at radius 2 is 1.92 bits per heavy atom. The van der Waals surface area contributed by atoms with Crippen molar-refractivity contribution in [1.82, 2.24) is 15.5 Å². The molecule has 6 nitrogen and oxygen atoms in total. The Labute approximate surface area is 155 Å². The topological polar surface area (TPSA) is 73.5 Å². The van der Waals surface area contributed by atoms with Gasteiger partial charge in [0.2, 0.25) is 5.91 Å². The predicted octanol–water partition coefficient (Wildman–Crippen LogP) is 2.50. The molecule has 2 aliphatic heterocycles. The van der Waals surface area contributed by atoms with Gasteiger partial charge in [0.25, 0.3) is 0 Å². The van der Waals surface area contributed by atoms with E-state index in [-0.39, 0.29) is 18.0 Å². The fourth-order valence-electron chi connectivity index (χ4n) is 3.75. The van der Waals surface area contributed by atoms with Crippen molar-refractivity contribution < 1.29 is 9.59 Å². The van der Waals surface area contributed by atoms with Crippen molar-refractivity contribution in [2.45, 2.75) is 57.5 Å². The standard InChI is InChI=1S/C20H30N4O2/c1-15-14-18(10-11-21-15)23-20(26)22-17-7-4-16(5-8-17)6-9-19(25)24-12-2-3-13-24/h4-5,7-8,15,18,21H,2-3,6,9-14H2,1H3,(H2,22,23,26). The van der Waals surface area contributed by atoms with Crippen molar-refractivity contribution in [3.63, 3.8) is 0 Å². The van der Waals surface area contributed by atoms with Crippen LogP contribution in [0.4, 0.5) is 10.5 Å². The molecule has 26 heavy (non-hydrogen) atoms. The molecule has 2 heterocycles. The first-order valence-electron chi connectivity index (χ1n) is 9.78. The van der Waals surface area contributed by atoms with Crippen molar-refractivity contribution >= 4 is 17.6 Å². The van der Waals surface area contributed by atoms with Gasteiger partial charge in [0.1, 0.15) is 0 Å². The minimum absolute atomic E-state index is 0.152. The normalized spacial score (nSPS) is 22.9. The van der Waals surface area contributed by atoms with Gasteiger partial charge < -0.3 is 20.9 Å². The molecule has 0 aromatic heterocycles. The van der Waals surface area contributed by atoms with Crippen LogP contribution in [0.1, 0.15) is 44.6 Å². The number of urea groups is 1. The average Bonchev–Trinajstić information content (AvgIpc) is 3.15. The summed E-state index contributed by atoms with van der Waals surface area (Å²) in [5, 5.41) is 9.32. The predicted molar refractivity (Wildman–Crippen MR) is 103 cm³/mol. The highest BCUT2D eigenvalue weighted by Crippen LogP contribution is 2.14. The van der Waals surface area contributed by atoms with Crippen molar-refractivity contribution in [1.29, 1.82) is 0 Å². The Morgan fingerprint density at radius 3 is 2.62 bits per heavy atom. The number of carbonyl (C=O) groups is 2. The summed E-state index contributed by atoms with van der Waals surface area (Å²) >= 11 is 0. The molecule has 0 bridgehead atoms. The van der Waals surface area contributed by atoms with Crippen molar-refractivity contribution in [2.24, 2.45) is 0 Å². The maximum Gasteiger partial charge on any atom is 0.319 e. The molecule has 0 aliphatic carbocycles. The number of hydrogen-bond donors (Lipinski definition) is 3. The maximum absolute atomic E-state index is 12.1. The number of aryl methyl sites for hydroxylation is 1. The highest BCUT2D eigenvalue weighted by atomic mass is 16.2. The van der Waals surface area contributed by atoms with Gasteiger partial charge in [-0.3, -0.25) is 4.79 Å². The number of nitrogens with one attached hydrogen (secondary N) is 3. The molecule has 3 amide bonds. The van der Waals surface area contributed by atoms with E-state index in [0.29, 0.717) is 12.5 Å². The van der Waals surface area contributed by atoms with Crippen LogP contribution < -0.4 is 16.0 Å². The Hall–Kier alpha value is -2.08. The zero-order valence-electron chi connectivity index (χ0n) is 15.6. The summed E-state index contributed by atoms with van der Waals surface area (Å²) in [6, 6.07) is 8.29. The largest absolute Gasteiger partial charge is 0.343 e. The quantitative estimate of drug-likeness (QED) is 0.757. The number of carbonyl (C=O) groups excluding carboxylic acids is 2. The smallest absolute Gasteiger partial charge is 0.319 e. The fraction of sp³-hybridized carbons (Fsp3) is 0.600. The molecule has 142 valence electrons. The fourth-order valence-corrected chi connectivity index (χ4v) is 3.75. The van der Waals surface area contributed by atoms with E-state index in [1.165, 1.54) is 0 Å². The van der Waals surface area contributed by atoms with Crippen LogP contribution in [-0.4, -0.2) is 48.6 Å². The van der Waals surface area contributed by atoms with E-state index in [1.807, 2.05) is 29.2 Å². The Balaban J connectivity index is 1.42. The molecule has 0 saturated carbocycles. The van der Waals surface area contributed by atoms with Crippen LogP contribution in [-0.2, 0) is 11.2 Å². The number of hydrogen-bond acceptors (Lipinski definition) is 3. The lowest BCUT2D eigenvalue weighted by atomic mass is 10.0. The Kier molecular flexibility index (Phi) is 6.50. The van der Waals surface area contributed by atoms with Crippen LogP contribution in [0, 0.1) is 0 Å². The number of benzene rings is 1. The minimum atomic E-state index is -0.152. The third-order valence-electron chi connectivity index (χ3n) is 5.26. The molecule has 0 radical (unpaired) electrons. The zero-order chi connectivity index (χ0) is 18.4. The molecule has 2 fully saturated rings. The Morgan fingerprint density at radius 1 is 1.19 bits per heavy atom. The second kappa shape index (κ2) is 9.03. The van der Waals surface area contributed by atoms with Crippen LogP contribution in [0.25, 0.3) is 0 Å². The molecule has 2 unspecified atom stereocenters. The SMILES string of the molecule is CC1CC(NC(=O)Nc2ccc(CCC(=O)N3CCCC3)cc2)CCN1. The van der Waals surface area contributed by atoms with Gasteiger partial charge in [-0.25, -0.2) is 4.79 Å². The van der Waals surface area contributed by atoms with Gasteiger partial charge in [0.05, 0.1) is 0 Å². The van der Waals surface area contributed by atoms with Gasteiger partial charge in [-0.2, -0.15) is 0 Å². The molecule has 2 saturated heterocycles. The lowest BCUT2D eigenvalue weighted by Gasteiger charge is -2.28. The summed E-state index contributed by atoms with van der Waals surface area (Å²) in [6.45, 7) is 4.90. The lowest BCUT2D eigenvalue weighted by molar-refractivity contribution is -0.130. The first-order chi connectivity index (χ1) is 12.6. The number of nitrogens with zero attached hydrogens (tertiary/aromatic N) is 1. The van der Waals surface area contributed by atoms with E-state index in [1.54, 1.807) is 0 Å². The van der Waals surface area contributed by atoms with Crippen molar-refractivity contribution in [2.75, 3.05) is 25.0 Å². The number of piperidine rings is 1. The summed E-state index contributed by atoms with van der Waals surface area (Å²) in [6.07, 6.45) is 5.48. The monoisotopic (exact) mass is 358 g/mol. The Bertz CT molecular complexity index is 611. The second-order valence-electron chi connectivity index (χ2n) is 7.46. The molecule has 2 atom stereocenters. The molecule has 1 aromatic carbocycles. The van der Waals surface area contributed by atoms with Crippen LogP contribution >= 0.6 is 0 Å². The summed E-state index contributed by atoms with van der Waals surface area (Å²) in [7, 11) is 0. The van der Waals surface area contributed by atoms with Crippen LogP contribution in [0.3, 0.4) is 0 Å². The highest BCUT2D eigenvalue weighted by molar-refractivity contribution is 5.89. The third kappa shape index (κ3) is 5.46. The van der Waals surface area contributed by atoms with Crippen LogP contribution in [0.15, 0.2) is 24.3 Å². The van der Waals surface area contributed by atoms with E-state index in [4.69, 9.17) is 0 Å². The van der Waals surface area contributed by atoms with Crippen molar-refractivity contribution in [3.8, 4) is 0 Å². The van der Waals surface area contributed by atoms with Gasteiger partial charge >= 0.3 is 6.03 Å². The van der Waals surface area contributed by atoms with Gasteiger partial charge in [-0.05, 0) is 63.3 Å². The number of likely N-dealkylation sites (tertiary alicyclic amines) is 1. The van der Waals surface area contributed by atoms with Gasteiger partial charge in [0, 0.05) is 37.3 Å². The average molecular weight is 358 g/mol. The molecule has 0 spiro atoms. The molecule has 3 rings (SSSR count). The van der Waals surface area contributed by atoms with Crippen LogP contribution in [0.2, 0.25) is 0 Å². The summed E-state index contributed by atoms with van der Waals surface area (Å²) in [4.78, 5) is 26.2. The van der Waals surface area contributed by atoms with E-state index < -0.39 is 0 Å². The summed E-state index contributed by atoms with van der Waals surface area (Å²) in [5.41, 5.74) is 1.90. The van der Waals surface area contributed by atoms with Crippen molar-refractivity contribution in [3.05, 3.63) is 29.8 Å². The van der Waals surface area contributed by atoms with Crippen LogP contribution in [0.5, 0.6) is 0 Å². The molecular formula is C20H30N4O2. The summed E-state index contributed by atoms with van der Waals surface area (Å²) in [5.74, 6) is 0.250. The van der Waals surface area contributed by atoms with Gasteiger partial charge in [0.15, 0.2) is 0 Å². The highest BCUT2D eigenvalue weighted by Gasteiger charge is 2.20. The zero-order valence-corrected chi connectivity index (χ0v) is 15.6. The molecule has 2 aliphatic rings. The third-order valence-corrected chi connectivity index (χ3v) is 5.26.